The normalized spacial score (nSPS) is 18.9. The minimum absolute atomic E-state index is 0.0950. The van der Waals surface area contributed by atoms with Gasteiger partial charge < -0.3 is 14.7 Å². The molecule has 1 heterocycles. The predicted molar refractivity (Wildman–Crippen MR) is 83.5 cm³/mol. The first-order valence-electron chi connectivity index (χ1n) is 7.64. The van der Waals surface area contributed by atoms with E-state index >= 15 is 0 Å². The molecule has 0 aliphatic carbocycles. The molecule has 1 N–H and O–H groups in total. The minimum Gasteiger partial charge on any atom is -0.497 e. The van der Waals surface area contributed by atoms with Crippen molar-refractivity contribution in [3.63, 3.8) is 0 Å². The van der Waals surface area contributed by atoms with Crippen LogP contribution >= 0.6 is 0 Å². The van der Waals surface area contributed by atoms with Gasteiger partial charge in [-0.05, 0) is 50.1 Å². The number of carbonyl (C=O) groups is 2. The number of hydrogen-bond acceptors (Lipinski definition) is 4. The van der Waals surface area contributed by atoms with Crippen LogP contribution in [0, 0.1) is 12.8 Å². The summed E-state index contributed by atoms with van der Waals surface area (Å²) in [6, 6.07) is 5.45. The minimum atomic E-state index is -0.734. The molecule has 1 unspecified atom stereocenters. The lowest BCUT2D eigenvalue weighted by Crippen LogP contribution is -2.39. The largest absolute Gasteiger partial charge is 0.497 e. The van der Waals surface area contributed by atoms with Gasteiger partial charge in [0, 0.05) is 25.1 Å². The summed E-state index contributed by atoms with van der Waals surface area (Å²) in [5, 5.41) is 9.09. The molecule has 1 aromatic carbocycles. The van der Waals surface area contributed by atoms with E-state index in [0.717, 1.165) is 30.7 Å². The van der Waals surface area contributed by atoms with Crippen molar-refractivity contribution in [2.24, 2.45) is 5.92 Å². The van der Waals surface area contributed by atoms with Crippen molar-refractivity contribution in [3.8, 4) is 5.75 Å². The van der Waals surface area contributed by atoms with Crippen molar-refractivity contribution in [2.45, 2.75) is 26.2 Å². The summed E-state index contributed by atoms with van der Waals surface area (Å²) < 4.78 is 5.14. The fourth-order valence-electron chi connectivity index (χ4n) is 2.93. The number of benzene rings is 1. The number of ether oxygens (including phenoxy) is 1. The molecule has 0 bridgehead atoms. The van der Waals surface area contributed by atoms with Crippen molar-refractivity contribution >= 4 is 11.8 Å². The number of aryl methyl sites for hydroxylation is 1. The Labute approximate surface area is 130 Å². The monoisotopic (exact) mass is 305 g/mol. The standard InChI is InChI=1S/C17H23NO4/c1-12-10-14(22-2)5-6-15(12)16(19)7-9-18-8-3-4-13(11-18)17(20)21/h5-6,10,13H,3-4,7-9,11H2,1-2H3,(H,20,21). The van der Waals surface area contributed by atoms with Crippen LogP contribution in [0.25, 0.3) is 0 Å². The van der Waals surface area contributed by atoms with Crippen LogP contribution in [-0.2, 0) is 4.79 Å². The van der Waals surface area contributed by atoms with E-state index in [0.29, 0.717) is 25.1 Å². The van der Waals surface area contributed by atoms with Gasteiger partial charge in [-0.2, -0.15) is 0 Å². The summed E-state index contributed by atoms with van der Waals surface area (Å²) in [6.45, 7) is 3.94. The van der Waals surface area contributed by atoms with E-state index in [1.807, 2.05) is 13.0 Å². The predicted octanol–water partition coefficient (Wildman–Crippen LogP) is 2.37. The molecule has 0 saturated carbocycles. The van der Waals surface area contributed by atoms with Gasteiger partial charge in [0.15, 0.2) is 5.78 Å². The molecule has 0 radical (unpaired) electrons. The van der Waals surface area contributed by atoms with E-state index in [9.17, 15) is 9.59 Å². The van der Waals surface area contributed by atoms with Gasteiger partial charge in [-0.25, -0.2) is 0 Å². The summed E-state index contributed by atoms with van der Waals surface area (Å²) in [7, 11) is 1.60. The summed E-state index contributed by atoms with van der Waals surface area (Å²) in [6.07, 6.45) is 2.03. The van der Waals surface area contributed by atoms with E-state index in [1.54, 1.807) is 19.2 Å². The SMILES string of the molecule is COc1ccc(C(=O)CCN2CCCC(C(=O)O)C2)c(C)c1. The van der Waals surface area contributed by atoms with Crippen molar-refractivity contribution in [1.82, 2.24) is 4.90 Å². The average molecular weight is 305 g/mol. The number of likely N-dealkylation sites (tertiary alicyclic amines) is 1. The van der Waals surface area contributed by atoms with Crippen LogP contribution in [0.5, 0.6) is 5.75 Å². The Hall–Kier alpha value is -1.88. The Balaban J connectivity index is 1.91. The fourth-order valence-corrected chi connectivity index (χ4v) is 2.93. The molecule has 0 amide bonds. The highest BCUT2D eigenvalue weighted by Gasteiger charge is 2.25. The van der Waals surface area contributed by atoms with Crippen molar-refractivity contribution in [3.05, 3.63) is 29.3 Å². The van der Waals surface area contributed by atoms with E-state index in [2.05, 4.69) is 4.90 Å². The molecular formula is C17H23NO4. The zero-order valence-corrected chi connectivity index (χ0v) is 13.2. The smallest absolute Gasteiger partial charge is 0.307 e. The van der Waals surface area contributed by atoms with Gasteiger partial charge in [-0.3, -0.25) is 9.59 Å². The highest BCUT2D eigenvalue weighted by Crippen LogP contribution is 2.20. The Morgan fingerprint density at radius 2 is 2.18 bits per heavy atom. The first-order valence-corrected chi connectivity index (χ1v) is 7.64. The maximum Gasteiger partial charge on any atom is 0.307 e. The molecular weight excluding hydrogens is 282 g/mol. The Kier molecular flexibility index (Phi) is 5.55. The number of ketones is 1. The maximum absolute atomic E-state index is 12.3. The molecule has 5 heteroatoms. The molecule has 1 fully saturated rings. The van der Waals surface area contributed by atoms with Crippen LogP contribution in [-0.4, -0.2) is 48.5 Å². The Bertz CT molecular complexity index is 556. The second kappa shape index (κ2) is 7.40. The van der Waals surface area contributed by atoms with Gasteiger partial charge in [0.25, 0.3) is 0 Å². The summed E-state index contributed by atoms with van der Waals surface area (Å²) in [4.78, 5) is 25.5. The Morgan fingerprint density at radius 1 is 1.41 bits per heavy atom. The average Bonchev–Trinajstić information content (AvgIpc) is 2.52. The van der Waals surface area contributed by atoms with E-state index in [-0.39, 0.29) is 11.7 Å². The zero-order valence-electron chi connectivity index (χ0n) is 13.2. The molecule has 1 aliphatic heterocycles. The highest BCUT2D eigenvalue weighted by molar-refractivity contribution is 5.97. The molecule has 5 nitrogen and oxygen atoms in total. The van der Waals surface area contributed by atoms with E-state index in [1.165, 1.54) is 0 Å². The van der Waals surface area contributed by atoms with Crippen LogP contribution in [0.4, 0.5) is 0 Å². The number of Topliss-reactive ketones (excluding diaryl/α,β-unsaturated/α-hetero) is 1. The third-order valence-electron chi connectivity index (χ3n) is 4.24. The molecule has 120 valence electrons. The highest BCUT2D eigenvalue weighted by atomic mass is 16.5. The maximum atomic E-state index is 12.3. The van der Waals surface area contributed by atoms with Gasteiger partial charge in [0.1, 0.15) is 5.75 Å². The van der Waals surface area contributed by atoms with Crippen LogP contribution < -0.4 is 4.74 Å². The number of aliphatic carboxylic acids is 1. The molecule has 2 rings (SSSR count). The lowest BCUT2D eigenvalue weighted by molar-refractivity contribution is -0.143. The van der Waals surface area contributed by atoms with Gasteiger partial charge in [0.2, 0.25) is 0 Å². The fraction of sp³-hybridized carbons (Fsp3) is 0.529. The Morgan fingerprint density at radius 3 is 2.82 bits per heavy atom. The number of piperidine rings is 1. The van der Waals surface area contributed by atoms with Crippen molar-refractivity contribution in [2.75, 3.05) is 26.7 Å². The quantitative estimate of drug-likeness (QED) is 0.817. The molecule has 1 saturated heterocycles. The zero-order chi connectivity index (χ0) is 16.1. The van der Waals surface area contributed by atoms with Crippen LogP contribution in [0.2, 0.25) is 0 Å². The van der Waals surface area contributed by atoms with Gasteiger partial charge >= 0.3 is 5.97 Å². The van der Waals surface area contributed by atoms with E-state index < -0.39 is 5.97 Å². The van der Waals surface area contributed by atoms with Gasteiger partial charge in [-0.1, -0.05) is 0 Å². The number of nitrogens with zero attached hydrogens (tertiary/aromatic N) is 1. The number of methoxy groups -OCH3 is 1. The molecule has 22 heavy (non-hydrogen) atoms. The number of hydrogen-bond donors (Lipinski definition) is 1. The summed E-state index contributed by atoms with van der Waals surface area (Å²) >= 11 is 0. The third kappa shape index (κ3) is 4.07. The third-order valence-corrected chi connectivity index (χ3v) is 4.24. The van der Waals surface area contributed by atoms with Crippen molar-refractivity contribution < 1.29 is 19.4 Å². The molecule has 1 atom stereocenters. The summed E-state index contributed by atoms with van der Waals surface area (Å²) in [5.74, 6) is -0.194. The molecule has 0 spiro atoms. The molecule has 0 aromatic heterocycles. The number of carboxylic acids is 1. The first kappa shape index (κ1) is 16.5. The second-order valence-electron chi connectivity index (χ2n) is 5.83. The number of carbonyl (C=O) groups excluding carboxylic acids is 1. The molecule has 1 aliphatic rings. The van der Waals surface area contributed by atoms with Gasteiger partial charge in [0.05, 0.1) is 13.0 Å². The number of carboxylic acid groups (broad SMARTS) is 1. The van der Waals surface area contributed by atoms with Crippen LogP contribution in [0.1, 0.15) is 35.2 Å². The first-order chi connectivity index (χ1) is 10.5. The van der Waals surface area contributed by atoms with Crippen molar-refractivity contribution in [1.29, 1.82) is 0 Å². The molecule has 1 aromatic rings. The lowest BCUT2D eigenvalue weighted by atomic mass is 9.97. The summed E-state index contributed by atoms with van der Waals surface area (Å²) in [5.41, 5.74) is 1.62. The second-order valence-corrected chi connectivity index (χ2v) is 5.83. The number of rotatable bonds is 6. The lowest BCUT2D eigenvalue weighted by Gasteiger charge is -2.30. The van der Waals surface area contributed by atoms with Gasteiger partial charge in [-0.15, -0.1) is 0 Å². The van der Waals surface area contributed by atoms with Crippen LogP contribution in [0.3, 0.4) is 0 Å². The topological polar surface area (TPSA) is 66.8 Å². The van der Waals surface area contributed by atoms with E-state index in [4.69, 9.17) is 9.84 Å². The van der Waals surface area contributed by atoms with Crippen LogP contribution in [0.15, 0.2) is 18.2 Å².